The Morgan fingerprint density at radius 1 is 1.29 bits per heavy atom. The van der Waals surface area contributed by atoms with Gasteiger partial charge in [0.25, 0.3) is 0 Å². The van der Waals surface area contributed by atoms with Gasteiger partial charge in [-0.3, -0.25) is 0 Å². The zero-order chi connectivity index (χ0) is 9.42. The van der Waals surface area contributed by atoms with Crippen LogP contribution >= 0.6 is 0 Å². The highest BCUT2D eigenvalue weighted by molar-refractivity contribution is 5.71. The van der Waals surface area contributed by atoms with Crippen LogP contribution in [-0.2, 0) is 7.05 Å². The molecule has 0 aliphatic rings. The first-order chi connectivity index (χ1) is 6.20. The molecule has 0 bridgehead atoms. The maximum absolute atomic E-state index is 12.5. The number of rotatable bonds is 1. The fourth-order valence-electron chi connectivity index (χ4n) is 1.45. The van der Waals surface area contributed by atoms with Gasteiger partial charge in [0.15, 0.2) is 11.0 Å². The third kappa shape index (κ3) is 1.73. The van der Waals surface area contributed by atoms with E-state index in [9.17, 15) is 8.78 Å². The highest BCUT2D eigenvalue weighted by Crippen LogP contribution is 2.17. The molecule has 76 valence electrons. The average molecular weight is 310 g/mol. The molecule has 1 heterocycles. The fraction of sp³-hybridized carbons (Fsp3) is 0.222. The second kappa shape index (κ2) is 4.20. The van der Waals surface area contributed by atoms with E-state index in [1.54, 1.807) is 23.7 Å². The maximum atomic E-state index is 12.5. The minimum Gasteiger partial charge on any atom is -1.00 e. The van der Waals surface area contributed by atoms with Crippen LogP contribution in [0.2, 0.25) is 0 Å². The standard InChI is InChI=1S/C9H9F2N2.HI/c1-12-6-13(9(10)11)8-5-3-2-4-7(8)12;/h2-6,9H,1H3;1H/q+1;/p-1. The van der Waals surface area contributed by atoms with Gasteiger partial charge in [-0.15, -0.1) is 0 Å². The van der Waals surface area contributed by atoms with Crippen molar-refractivity contribution in [3.05, 3.63) is 30.6 Å². The molecule has 2 nitrogen and oxygen atoms in total. The topological polar surface area (TPSA) is 8.81 Å². The van der Waals surface area contributed by atoms with Crippen molar-refractivity contribution in [2.75, 3.05) is 0 Å². The van der Waals surface area contributed by atoms with Gasteiger partial charge in [0, 0.05) is 0 Å². The van der Waals surface area contributed by atoms with Crippen LogP contribution < -0.4 is 28.5 Å². The third-order valence-electron chi connectivity index (χ3n) is 2.05. The number of aromatic nitrogens is 2. The van der Waals surface area contributed by atoms with E-state index in [1.165, 1.54) is 6.33 Å². The number of hydrogen-bond acceptors (Lipinski definition) is 0. The molecule has 0 atom stereocenters. The average Bonchev–Trinajstić information content (AvgIpc) is 2.45. The van der Waals surface area contributed by atoms with E-state index in [-0.39, 0.29) is 24.0 Å². The van der Waals surface area contributed by atoms with E-state index >= 15 is 0 Å². The molecule has 14 heavy (non-hydrogen) atoms. The van der Waals surface area contributed by atoms with Crippen LogP contribution in [0.1, 0.15) is 6.55 Å². The number of aryl methyl sites for hydroxylation is 1. The fourth-order valence-corrected chi connectivity index (χ4v) is 1.45. The summed E-state index contributed by atoms with van der Waals surface area (Å²) < 4.78 is 27.6. The van der Waals surface area contributed by atoms with Crippen molar-refractivity contribution in [3.8, 4) is 0 Å². The number of hydrogen-bond donors (Lipinski definition) is 0. The molecule has 1 aromatic heterocycles. The van der Waals surface area contributed by atoms with Gasteiger partial charge in [-0.05, 0) is 12.1 Å². The number of halogens is 3. The largest absolute Gasteiger partial charge is 1.00 e. The molecule has 0 unspecified atom stereocenters. The monoisotopic (exact) mass is 310 g/mol. The lowest BCUT2D eigenvalue weighted by Crippen LogP contribution is -3.00. The summed E-state index contributed by atoms with van der Waals surface area (Å²) in [7, 11) is 1.75. The van der Waals surface area contributed by atoms with Crippen LogP contribution in [0.15, 0.2) is 30.6 Å². The highest BCUT2D eigenvalue weighted by Gasteiger charge is 2.19. The van der Waals surface area contributed by atoms with Crippen LogP contribution in [-0.4, -0.2) is 4.57 Å². The normalized spacial score (nSPS) is 10.6. The maximum Gasteiger partial charge on any atom is 0.387 e. The predicted octanol–water partition coefficient (Wildman–Crippen LogP) is -1.14. The van der Waals surface area contributed by atoms with Crippen molar-refractivity contribution in [1.82, 2.24) is 4.57 Å². The van der Waals surface area contributed by atoms with Gasteiger partial charge in [-0.1, -0.05) is 12.1 Å². The van der Waals surface area contributed by atoms with Crippen LogP contribution in [0.4, 0.5) is 8.78 Å². The van der Waals surface area contributed by atoms with E-state index in [1.807, 2.05) is 12.1 Å². The summed E-state index contributed by atoms with van der Waals surface area (Å²) in [4.78, 5) is 0. The summed E-state index contributed by atoms with van der Waals surface area (Å²) in [6, 6.07) is 7.08. The molecule has 0 saturated heterocycles. The summed E-state index contributed by atoms with van der Waals surface area (Å²) in [5, 5.41) is 0. The van der Waals surface area contributed by atoms with Gasteiger partial charge in [-0.2, -0.15) is 13.3 Å². The molecule has 0 saturated carbocycles. The van der Waals surface area contributed by atoms with Gasteiger partial charge in [-0.25, -0.2) is 4.57 Å². The van der Waals surface area contributed by atoms with Crippen molar-refractivity contribution in [1.29, 1.82) is 0 Å². The first kappa shape index (κ1) is 11.4. The lowest BCUT2D eigenvalue weighted by molar-refractivity contribution is -0.646. The summed E-state index contributed by atoms with van der Waals surface area (Å²) in [5.74, 6) is 0. The van der Waals surface area contributed by atoms with E-state index < -0.39 is 6.55 Å². The molecule has 0 aliphatic carbocycles. The summed E-state index contributed by atoms with van der Waals surface area (Å²) in [6.45, 7) is -2.48. The van der Waals surface area contributed by atoms with Crippen LogP contribution in [0.25, 0.3) is 11.0 Å². The Morgan fingerprint density at radius 2 is 1.93 bits per heavy atom. The van der Waals surface area contributed by atoms with E-state index in [0.717, 1.165) is 10.1 Å². The van der Waals surface area contributed by atoms with Gasteiger partial charge in [0.2, 0.25) is 6.33 Å². The van der Waals surface area contributed by atoms with Crippen LogP contribution in [0.3, 0.4) is 0 Å². The summed E-state index contributed by atoms with van der Waals surface area (Å²) >= 11 is 0. The number of benzene rings is 1. The molecule has 0 spiro atoms. The van der Waals surface area contributed by atoms with Crippen LogP contribution in [0.5, 0.6) is 0 Å². The molecular formula is C9H9F2IN2. The van der Waals surface area contributed by atoms with Crippen molar-refractivity contribution in [2.24, 2.45) is 7.05 Å². The van der Waals surface area contributed by atoms with Crippen molar-refractivity contribution in [2.45, 2.75) is 6.55 Å². The lowest BCUT2D eigenvalue weighted by Gasteiger charge is -1.91. The smallest absolute Gasteiger partial charge is 0.387 e. The second-order valence-electron chi connectivity index (χ2n) is 2.90. The van der Waals surface area contributed by atoms with Gasteiger partial charge in [0.05, 0.1) is 7.05 Å². The minimum atomic E-state index is -2.48. The Balaban J connectivity index is 0.000000980. The van der Waals surface area contributed by atoms with Crippen molar-refractivity contribution in [3.63, 3.8) is 0 Å². The molecule has 5 heteroatoms. The van der Waals surface area contributed by atoms with E-state index in [2.05, 4.69) is 0 Å². The molecule has 1 aromatic carbocycles. The molecule has 0 amide bonds. The van der Waals surface area contributed by atoms with Gasteiger partial charge >= 0.3 is 6.55 Å². The minimum absolute atomic E-state index is 0. The Bertz CT molecular complexity index is 439. The number of fused-ring (bicyclic) bond motifs is 1. The van der Waals surface area contributed by atoms with Crippen molar-refractivity contribution >= 4 is 11.0 Å². The summed E-state index contributed by atoms with van der Waals surface area (Å²) in [5.41, 5.74) is 1.36. The Kier molecular flexibility index (Phi) is 3.41. The molecule has 0 aliphatic heterocycles. The van der Waals surface area contributed by atoms with Crippen LogP contribution in [0, 0.1) is 0 Å². The molecule has 2 rings (SSSR count). The first-order valence-electron chi connectivity index (χ1n) is 3.93. The van der Waals surface area contributed by atoms with E-state index in [0.29, 0.717) is 5.52 Å². The summed E-state index contributed by atoms with van der Waals surface area (Å²) in [6.07, 6.45) is 1.40. The molecule has 0 N–H and O–H groups in total. The third-order valence-corrected chi connectivity index (χ3v) is 2.05. The predicted molar refractivity (Wildman–Crippen MR) is 44.4 cm³/mol. The van der Waals surface area contributed by atoms with Gasteiger partial charge in [0.1, 0.15) is 0 Å². The zero-order valence-corrected chi connectivity index (χ0v) is 9.65. The zero-order valence-electron chi connectivity index (χ0n) is 7.49. The molecular weight excluding hydrogens is 301 g/mol. The van der Waals surface area contributed by atoms with Crippen molar-refractivity contribution < 1.29 is 37.3 Å². The lowest BCUT2D eigenvalue weighted by atomic mass is 10.3. The molecule has 0 radical (unpaired) electrons. The number of alkyl halides is 2. The first-order valence-corrected chi connectivity index (χ1v) is 3.93. The Morgan fingerprint density at radius 3 is 2.57 bits per heavy atom. The Hall–Kier alpha value is -0.720. The number of imidazole rings is 1. The Labute approximate surface area is 97.2 Å². The van der Waals surface area contributed by atoms with Gasteiger partial charge < -0.3 is 24.0 Å². The highest BCUT2D eigenvalue weighted by atomic mass is 127. The molecule has 2 aromatic rings. The second-order valence-corrected chi connectivity index (χ2v) is 2.90. The SMILES string of the molecule is C[n+]1cn(C(F)F)c2ccccc21.[I-]. The number of para-hydroxylation sites is 2. The van der Waals surface area contributed by atoms with E-state index in [4.69, 9.17) is 0 Å². The molecule has 0 fully saturated rings. The quantitative estimate of drug-likeness (QED) is 0.465. The number of nitrogens with zero attached hydrogens (tertiary/aromatic N) is 2.